The first-order valence-corrected chi connectivity index (χ1v) is 9.65. The van der Waals surface area contributed by atoms with E-state index in [0.717, 1.165) is 16.6 Å². The second-order valence-electron chi connectivity index (χ2n) is 7.40. The Morgan fingerprint density at radius 1 is 1.10 bits per heavy atom. The second-order valence-corrected chi connectivity index (χ2v) is 7.40. The van der Waals surface area contributed by atoms with Crippen LogP contribution < -0.4 is 5.56 Å². The number of benzene rings is 2. The van der Waals surface area contributed by atoms with E-state index in [4.69, 9.17) is 4.42 Å². The Morgan fingerprint density at radius 2 is 1.90 bits per heavy atom. The number of carbonyl (C=O) groups is 1. The van der Waals surface area contributed by atoms with Crippen LogP contribution in [0.5, 0.6) is 0 Å². The van der Waals surface area contributed by atoms with Gasteiger partial charge in [0.1, 0.15) is 11.3 Å². The third kappa shape index (κ3) is 3.18. The maximum absolute atomic E-state index is 13.2. The maximum Gasteiger partial charge on any atom is 0.255 e. The van der Waals surface area contributed by atoms with E-state index in [1.165, 1.54) is 16.7 Å². The molecule has 0 fully saturated rings. The van der Waals surface area contributed by atoms with Crippen LogP contribution >= 0.6 is 0 Å². The zero-order valence-electron chi connectivity index (χ0n) is 16.3. The largest absolute Gasteiger partial charge is 0.441 e. The number of hydrogen-bond donors (Lipinski definition) is 0. The van der Waals surface area contributed by atoms with Crippen LogP contribution in [-0.2, 0) is 13.0 Å². The molecule has 2 aromatic carbocycles. The standard InChI is InChI=1S/C23H18FN3O3/c1-14-25-20-7-2-16(10-21(20)30-14)23(29)26-9-8-15-11-22(28)27(13-17(15)12-26)19-5-3-18(24)4-6-19/h2-7,10-11,13H,8-9,12H2,1H3. The number of rotatable bonds is 2. The van der Waals surface area contributed by atoms with Gasteiger partial charge in [-0.2, -0.15) is 0 Å². The van der Waals surface area contributed by atoms with E-state index in [-0.39, 0.29) is 17.3 Å². The van der Waals surface area contributed by atoms with Crippen molar-refractivity contribution in [2.75, 3.05) is 6.54 Å². The Labute approximate surface area is 171 Å². The van der Waals surface area contributed by atoms with E-state index in [9.17, 15) is 14.0 Å². The summed E-state index contributed by atoms with van der Waals surface area (Å²) in [6, 6.07) is 12.6. The first-order valence-electron chi connectivity index (χ1n) is 9.65. The summed E-state index contributed by atoms with van der Waals surface area (Å²) >= 11 is 0. The molecule has 0 aliphatic carbocycles. The lowest BCUT2D eigenvalue weighted by Gasteiger charge is -2.29. The predicted octanol–water partition coefficient (Wildman–Crippen LogP) is 3.62. The molecule has 6 nitrogen and oxygen atoms in total. The van der Waals surface area contributed by atoms with Crippen molar-refractivity contribution in [1.82, 2.24) is 14.5 Å². The summed E-state index contributed by atoms with van der Waals surface area (Å²) in [5.41, 5.74) is 4.08. The highest BCUT2D eigenvalue weighted by Crippen LogP contribution is 2.23. The Morgan fingerprint density at radius 3 is 2.70 bits per heavy atom. The van der Waals surface area contributed by atoms with Gasteiger partial charge in [0.2, 0.25) is 0 Å². The molecule has 5 rings (SSSR count). The van der Waals surface area contributed by atoms with Crippen LogP contribution in [0.2, 0.25) is 0 Å². The lowest BCUT2D eigenvalue weighted by Crippen LogP contribution is -2.37. The first-order chi connectivity index (χ1) is 14.5. The molecule has 150 valence electrons. The molecular weight excluding hydrogens is 385 g/mol. The molecule has 0 bridgehead atoms. The third-order valence-corrected chi connectivity index (χ3v) is 5.38. The molecule has 0 saturated carbocycles. The minimum absolute atomic E-state index is 0.101. The fraction of sp³-hybridized carbons (Fsp3) is 0.174. The Balaban J connectivity index is 1.45. The van der Waals surface area contributed by atoms with Crippen LogP contribution in [0.1, 0.15) is 27.4 Å². The molecule has 0 radical (unpaired) electrons. The molecule has 7 heteroatoms. The molecule has 0 atom stereocenters. The van der Waals surface area contributed by atoms with Gasteiger partial charge in [-0.05, 0) is 60.0 Å². The number of amides is 1. The smallest absolute Gasteiger partial charge is 0.255 e. The SMILES string of the molecule is Cc1nc2ccc(C(=O)N3CCc4cc(=O)n(-c5ccc(F)cc5)cc4C3)cc2o1. The van der Waals surface area contributed by atoms with Gasteiger partial charge in [-0.3, -0.25) is 14.2 Å². The molecule has 0 saturated heterocycles. The molecule has 1 aliphatic rings. The van der Waals surface area contributed by atoms with E-state index in [1.807, 2.05) is 0 Å². The highest BCUT2D eigenvalue weighted by atomic mass is 19.1. The Kier molecular flexibility index (Phi) is 4.24. The minimum Gasteiger partial charge on any atom is -0.441 e. The van der Waals surface area contributed by atoms with Crippen molar-refractivity contribution >= 4 is 17.0 Å². The lowest BCUT2D eigenvalue weighted by atomic mass is 10.0. The number of pyridine rings is 1. The fourth-order valence-corrected chi connectivity index (χ4v) is 3.86. The van der Waals surface area contributed by atoms with Crippen molar-refractivity contribution in [2.45, 2.75) is 19.9 Å². The molecule has 2 aromatic heterocycles. The molecular formula is C23H18FN3O3. The zero-order valence-corrected chi connectivity index (χ0v) is 16.3. The highest BCUT2D eigenvalue weighted by molar-refractivity contribution is 5.97. The van der Waals surface area contributed by atoms with Gasteiger partial charge in [0, 0.05) is 43.5 Å². The number of hydrogen-bond acceptors (Lipinski definition) is 4. The van der Waals surface area contributed by atoms with Crippen LogP contribution in [0.4, 0.5) is 4.39 Å². The van der Waals surface area contributed by atoms with Crippen LogP contribution in [0, 0.1) is 12.7 Å². The summed E-state index contributed by atoms with van der Waals surface area (Å²) in [6.45, 7) is 2.69. The van der Waals surface area contributed by atoms with Crippen LogP contribution in [0.3, 0.4) is 0 Å². The molecule has 0 N–H and O–H groups in total. The summed E-state index contributed by atoms with van der Waals surface area (Å²) in [6.07, 6.45) is 2.34. The molecule has 0 spiro atoms. The summed E-state index contributed by atoms with van der Waals surface area (Å²) in [5.74, 6) is 0.0943. The zero-order chi connectivity index (χ0) is 20.8. The van der Waals surface area contributed by atoms with Crippen molar-refractivity contribution in [3.05, 3.63) is 93.5 Å². The van der Waals surface area contributed by atoms with E-state index < -0.39 is 0 Å². The monoisotopic (exact) mass is 403 g/mol. The Hall–Kier alpha value is -3.74. The number of halogens is 1. The molecule has 1 aliphatic heterocycles. The molecule has 4 aromatic rings. The average molecular weight is 403 g/mol. The van der Waals surface area contributed by atoms with Gasteiger partial charge >= 0.3 is 0 Å². The number of fused-ring (bicyclic) bond motifs is 2. The quantitative estimate of drug-likeness (QED) is 0.513. The normalized spacial score (nSPS) is 13.5. The van der Waals surface area contributed by atoms with Gasteiger partial charge in [0.05, 0.1) is 0 Å². The van der Waals surface area contributed by atoms with Crippen LogP contribution in [-0.4, -0.2) is 26.9 Å². The van der Waals surface area contributed by atoms with Crippen molar-refractivity contribution in [3.8, 4) is 5.69 Å². The predicted molar refractivity (Wildman–Crippen MR) is 109 cm³/mol. The van der Waals surface area contributed by atoms with E-state index >= 15 is 0 Å². The fourth-order valence-electron chi connectivity index (χ4n) is 3.86. The molecule has 1 amide bonds. The number of oxazole rings is 1. The minimum atomic E-state index is -0.361. The number of aromatic nitrogens is 2. The van der Waals surface area contributed by atoms with Crippen molar-refractivity contribution < 1.29 is 13.6 Å². The van der Waals surface area contributed by atoms with Crippen molar-refractivity contribution in [2.24, 2.45) is 0 Å². The Bertz CT molecular complexity index is 1340. The van der Waals surface area contributed by atoms with Gasteiger partial charge in [-0.1, -0.05) is 0 Å². The topological polar surface area (TPSA) is 68.3 Å². The van der Waals surface area contributed by atoms with Gasteiger partial charge < -0.3 is 9.32 Å². The molecule has 0 unspecified atom stereocenters. The lowest BCUT2D eigenvalue weighted by molar-refractivity contribution is 0.0734. The second kappa shape index (κ2) is 6.95. The van der Waals surface area contributed by atoms with Gasteiger partial charge in [0.15, 0.2) is 11.5 Å². The van der Waals surface area contributed by atoms with Gasteiger partial charge in [-0.25, -0.2) is 9.37 Å². The van der Waals surface area contributed by atoms with E-state index in [1.54, 1.807) is 54.4 Å². The highest BCUT2D eigenvalue weighted by Gasteiger charge is 2.23. The maximum atomic E-state index is 13.2. The average Bonchev–Trinajstić information content (AvgIpc) is 3.12. The van der Waals surface area contributed by atoms with E-state index in [0.29, 0.717) is 42.2 Å². The summed E-state index contributed by atoms with van der Waals surface area (Å²) in [5, 5.41) is 0. The van der Waals surface area contributed by atoms with E-state index in [2.05, 4.69) is 4.98 Å². The number of nitrogens with zero attached hydrogens (tertiary/aromatic N) is 3. The molecule has 30 heavy (non-hydrogen) atoms. The number of carbonyl (C=O) groups excluding carboxylic acids is 1. The summed E-state index contributed by atoms with van der Waals surface area (Å²) < 4.78 is 20.3. The summed E-state index contributed by atoms with van der Waals surface area (Å²) in [7, 11) is 0. The van der Waals surface area contributed by atoms with Crippen molar-refractivity contribution in [1.29, 1.82) is 0 Å². The first kappa shape index (κ1) is 18.3. The van der Waals surface area contributed by atoms with Gasteiger partial charge in [-0.15, -0.1) is 0 Å². The number of aryl methyl sites for hydroxylation is 1. The third-order valence-electron chi connectivity index (χ3n) is 5.38. The van der Waals surface area contributed by atoms with Crippen LogP contribution in [0.25, 0.3) is 16.8 Å². The van der Waals surface area contributed by atoms with Crippen LogP contribution in [0.15, 0.2) is 63.9 Å². The van der Waals surface area contributed by atoms with Gasteiger partial charge in [0.25, 0.3) is 11.5 Å². The van der Waals surface area contributed by atoms with Crippen molar-refractivity contribution in [3.63, 3.8) is 0 Å². The summed E-state index contributed by atoms with van der Waals surface area (Å²) in [4.78, 5) is 31.6. The molecule has 3 heterocycles.